The molecule has 1 heterocycles. The van der Waals surface area contributed by atoms with E-state index in [4.69, 9.17) is 0 Å². The third kappa shape index (κ3) is 7.39. The van der Waals surface area contributed by atoms with Gasteiger partial charge in [0.05, 0.1) is 11.5 Å². The van der Waals surface area contributed by atoms with Gasteiger partial charge in [0.25, 0.3) is 0 Å². The largest absolute Gasteiger partial charge is 0.372 e. The summed E-state index contributed by atoms with van der Waals surface area (Å²) in [7, 11) is -1.16. The van der Waals surface area contributed by atoms with E-state index in [1.54, 1.807) is 7.05 Å². The molecule has 2 N–H and O–H groups in total. The number of guanidine groups is 1. The second-order valence-electron chi connectivity index (χ2n) is 6.01. The first-order valence-corrected chi connectivity index (χ1v) is 10.3. The van der Waals surface area contributed by atoms with Gasteiger partial charge in [-0.1, -0.05) is 18.2 Å². The molecule has 0 aromatic heterocycles. The smallest absolute Gasteiger partial charge is 0.191 e. The van der Waals surface area contributed by atoms with Gasteiger partial charge in [-0.05, 0) is 31.9 Å². The molecule has 1 aliphatic rings. The topological polar surface area (TPSA) is 73.8 Å². The number of halogens is 1. The lowest BCUT2D eigenvalue weighted by Crippen LogP contribution is -2.44. The Kier molecular flexibility index (Phi) is 9.55. The first-order chi connectivity index (χ1) is 11.5. The Morgan fingerprint density at radius 1 is 1.32 bits per heavy atom. The standard InChI is InChI=1S/C17H28N4O2S.HI/c1-3-21(16-8-5-4-6-9-16)12-7-11-19-17(18-2)20-15-10-13-24(22,23)14-15;/h4-6,8-9,15H,3,7,10-14H2,1-2H3,(H2,18,19,20);1H. The van der Waals surface area contributed by atoms with Crippen LogP contribution in [0.25, 0.3) is 0 Å². The molecular formula is C17H29IN4O2S. The van der Waals surface area contributed by atoms with Gasteiger partial charge in [0.15, 0.2) is 15.8 Å². The molecule has 0 spiro atoms. The van der Waals surface area contributed by atoms with Crippen LogP contribution in [0.2, 0.25) is 0 Å². The fourth-order valence-electron chi connectivity index (χ4n) is 2.88. The zero-order valence-corrected chi connectivity index (χ0v) is 18.1. The van der Waals surface area contributed by atoms with Crippen LogP contribution in [0.1, 0.15) is 19.8 Å². The third-order valence-corrected chi connectivity index (χ3v) is 5.97. The number of nitrogens with zero attached hydrogens (tertiary/aromatic N) is 2. The van der Waals surface area contributed by atoms with Crippen LogP contribution in [0.5, 0.6) is 0 Å². The predicted molar refractivity (Wildman–Crippen MR) is 116 cm³/mol. The van der Waals surface area contributed by atoms with E-state index in [1.807, 2.05) is 6.07 Å². The van der Waals surface area contributed by atoms with Crippen LogP contribution in [0, 0.1) is 0 Å². The molecule has 0 saturated carbocycles. The maximum Gasteiger partial charge on any atom is 0.191 e. The summed E-state index contributed by atoms with van der Waals surface area (Å²) in [6.07, 6.45) is 1.63. The third-order valence-electron chi connectivity index (χ3n) is 4.20. The summed E-state index contributed by atoms with van der Waals surface area (Å²) in [5.74, 6) is 1.15. The normalized spacial score (nSPS) is 19.1. The fraction of sp³-hybridized carbons (Fsp3) is 0.588. The Morgan fingerprint density at radius 2 is 2.04 bits per heavy atom. The van der Waals surface area contributed by atoms with Crippen molar-refractivity contribution in [2.75, 3.05) is 43.1 Å². The summed E-state index contributed by atoms with van der Waals surface area (Å²) in [4.78, 5) is 6.52. The molecule has 1 unspecified atom stereocenters. The molecule has 0 amide bonds. The first-order valence-electron chi connectivity index (χ1n) is 8.51. The summed E-state index contributed by atoms with van der Waals surface area (Å²) in [6.45, 7) is 4.88. The second kappa shape index (κ2) is 10.8. The van der Waals surface area contributed by atoms with Gasteiger partial charge in [-0.25, -0.2) is 8.42 Å². The lowest BCUT2D eigenvalue weighted by molar-refractivity contribution is 0.599. The molecule has 8 heteroatoms. The van der Waals surface area contributed by atoms with E-state index in [9.17, 15) is 8.42 Å². The van der Waals surface area contributed by atoms with Crippen molar-refractivity contribution in [2.24, 2.45) is 4.99 Å². The molecule has 142 valence electrons. The number of hydrogen-bond acceptors (Lipinski definition) is 4. The second-order valence-corrected chi connectivity index (χ2v) is 8.24. The molecule has 25 heavy (non-hydrogen) atoms. The van der Waals surface area contributed by atoms with Crippen molar-refractivity contribution < 1.29 is 8.42 Å². The number of sulfone groups is 1. The number of aliphatic imine (C=N–C) groups is 1. The predicted octanol–water partition coefficient (Wildman–Crippen LogP) is 1.87. The number of benzene rings is 1. The van der Waals surface area contributed by atoms with Crippen LogP contribution in [0.4, 0.5) is 5.69 Å². The summed E-state index contributed by atoms with van der Waals surface area (Å²) in [5.41, 5.74) is 1.23. The number of anilines is 1. The number of hydrogen-bond donors (Lipinski definition) is 2. The van der Waals surface area contributed by atoms with E-state index >= 15 is 0 Å². The molecule has 1 aromatic carbocycles. The minimum absolute atomic E-state index is 0. The van der Waals surface area contributed by atoms with Crippen LogP contribution < -0.4 is 15.5 Å². The lowest BCUT2D eigenvalue weighted by Gasteiger charge is -2.23. The zero-order chi connectivity index (χ0) is 17.4. The van der Waals surface area contributed by atoms with Crippen LogP contribution in [-0.2, 0) is 9.84 Å². The number of rotatable bonds is 7. The Labute approximate surface area is 168 Å². The highest BCUT2D eigenvalue weighted by Gasteiger charge is 2.28. The van der Waals surface area contributed by atoms with Crippen molar-refractivity contribution in [3.05, 3.63) is 30.3 Å². The Bertz CT molecular complexity index is 637. The lowest BCUT2D eigenvalue weighted by atomic mass is 10.2. The Hall–Kier alpha value is -1.03. The van der Waals surface area contributed by atoms with Crippen LogP contribution in [0.3, 0.4) is 0 Å². The maximum atomic E-state index is 11.5. The van der Waals surface area contributed by atoms with E-state index in [0.29, 0.717) is 12.4 Å². The van der Waals surface area contributed by atoms with Crippen LogP contribution in [-0.4, -0.2) is 58.6 Å². The zero-order valence-electron chi connectivity index (χ0n) is 14.9. The van der Waals surface area contributed by atoms with Crippen LogP contribution >= 0.6 is 24.0 Å². The average molecular weight is 480 g/mol. The highest BCUT2D eigenvalue weighted by Crippen LogP contribution is 2.13. The van der Waals surface area contributed by atoms with Gasteiger partial charge in [0.2, 0.25) is 0 Å². The van der Waals surface area contributed by atoms with E-state index in [-0.39, 0.29) is 41.5 Å². The van der Waals surface area contributed by atoms with Crippen molar-refractivity contribution in [3.8, 4) is 0 Å². The highest BCUT2D eigenvalue weighted by atomic mass is 127. The molecule has 0 aliphatic carbocycles. The monoisotopic (exact) mass is 480 g/mol. The maximum absolute atomic E-state index is 11.5. The molecule has 1 atom stereocenters. The van der Waals surface area contributed by atoms with Crippen molar-refractivity contribution in [1.82, 2.24) is 10.6 Å². The molecular weight excluding hydrogens is 451 g/mol. The van der Waals surface area contributed by atoms with Gasteiger partial charge < -0.3 is 15.5 Å². The van der Waals surface area contributed by atoms with Crippen molar-refractivity contribution in [1.29, 1.82) is 0 Å². The Balaban J connectivity index is 0.00000312. The molecule has 0 radical (unpaired) electrons. The molecule has 1 aliphatic heterocycles. The summed E-state index contributed by atoms with van der Waals surface area (Å²) < 4.78 is 23.0. The average Bonchev–Trinajstić information content (AvgIpc) is 2.93. The van der Waals surface area contributed by atoms with Gasteiger partial charge >= 0.3 is 0 Å². The van der Waals surface area contributed by atoms with Gasteiger partial charge in [0.1, 0.15) is 0 Å². The molecule has 2 rings (SSSR count). The quantitative estimate of drug-likeness (QED) is 0.270. The van der Waals surface area contributed by atoms with Crippen molar-refractivity contribution in [2.45, 2.75) is 25.8 Å². The van der Waals surface area contributed by atoms with E-state index in [0.717, 1.165) is 26.1 Å². The molecule has 1 aromatic rings. The van der Waals surface area contributed by atoms with Gasteiger partial charge in [-0.3, -0.25) is 4.99 Å². The summed E-state index contributed by atoms with van der Waals surface area (Å²) in [5, 5.41) is 6.47. The molecule has 1 fully saturated rings. The van der Waals surface area contributed by atoms with Crippen LogP contribution in [0.15, 0.2) is 35.3 Å². The highest BCUT2D eigenvalue weighted by molar-refractivity contribution is 14.0. The first kappa shape index (κ1) is 22.0. The molecule has 1 saturated heterocycles. The minimum Gasteiger partial charge on any atom is -0.372 e. The number of nitrogens with one attached hydrogen (secondary N) is 2. The van der Waals surface area contributed by atoms with E-state index in [1.165, 1.54) is 5.69 Å². The van der Waals surface area contributed by atoms with Gasteiger partial charge in [-0.15, -0.1) is 24.0 Å². The van der Waals surface area contributed by atoms with Gasteiger partial charge in [-0.2, -0.15) is 0 Å². The summed E-state index contributed by atoms with van der Waals surface area (Å²) >= 11 is 0. The SMILES string of the molecule is CCN(CCCNC(=NC)NC1CCS(=O)(=O)C1)c1ccccc1.I. The molecule has 6 nitrogen and oxygen atoms in total. The fourth-order valence-corrected chi connectivity index (χ4v) is 4.56. The minimum atomic E-state index is -2.87. The van der Waals surface area contributed by atoms with E-state index in [2.05, 4.69) is 51.7 Å². The van der Waals surface area contributed by atoms with E-state index < -0.39 is 9.84 Å². The Morgan fingerprint density at radius 3 is 2.60 bits per heavy atom. The number of para-hydroxylation sites is 1. The molecule has 0 bridgehead atoms. The van der Waals surface area contributed by atoms with Crippen molar-refractivity contribution >= 4 is 45.5 Å². The van der Waals surface area contributed by atoms with Gasteiger partial charge in [0, 0.05) is 38.4 Å². The van der Waals surface area contributed by atoms with Crippen molar-refractivity contribution in [3.63, 3.8) is 0 Å². The summed E-state index contributed by atoms with van der Waals surface area (Å²) in [6, 6.07) is 10.3.